The monoisotopic (exact) mass is 462 g/mol. The Morgan fingerprint density at radius 2 is 1.94 bits per heavy atom. The van der Waals surface area contributed by atoms with Crippen LogP contribution >= 0.6 is 11.6 Å². The van der Waals surface area contributed by atoms with Gasteiger partial charge in [-0.1, -0.05) is 67.4 Å². The van der Waals surface area contributed by atoms with Crippen LogP contribution in [0.5, 0.6) is 0 Å². The van der Waals surface area contributed by atoms with E-state index in [4.69, 9.17) is 11.6 Å². The third-order valence-corrected chi connectivity index (χ3v) is 5.85. The van der Waals surface area contributed by atoms with Gasteiger partial charge in [-0.25, -0.2) is 4.98 Å². The minimum Gasteiger partial charge on any atom is -0.305 e. The predicted molar refractivity (Wildman–Crippen MR) is 128 cm³/mol. The molecule has 0 saturated carbocycles. The standard InChI is InChI=1S/C25H23ClN4O3/c1-3-6-19(25(31)29-24-23(30(32)33)16(2)22(26)15-28-24)13-17-9-11-18(12-10-17)21-8-5-4-7-20(21)14-27/h4-5,7-12,15,19H,3,6,13H2,1-2H3,(H,28,29,31). The molecule has 0 saturated heterocycles. The molecular weight excluding hydrogens is 440 g/mol. The number of amides is 1. The largest absolute Gasteiger partial charge is 0.316 e. The van der Waals surface area contributed by atoms with Crippen molar-refractivity contribution in [1.29, 1.82) is 5.26 Å². The number of aromatic nitrogens is 1. The van der Waals surface area contributed by atoms with Gasteiger partial charge in [-0.2, -0.15) is 5.26 Å². The van der Waals surface area contributed by atoms with Crippen LogP contribution in [-0.2, 0) is 11.2 Å². The number of nitrogens with zero attached hydrogens (tertiary/aromatic N) is 3. The Morgan fingerprint density at radius 3 is 2.58 bits per heavy atom. The van der Waals surface area contributed by atoms with Crippen molar-refractivity contribution < 1.29 is 9.72 Å². The van der Waals surface area contributed by atoms with E-state index in [1.807, 2.05) is 49.4 Å². The number of carbonyl (C=O) groups is 1. The summed E-state index contributed by atoms with van der Waals surface area (Å²) in [5.74, 6) is -0.811. The van der Waals surface area contributed by atoms with Crippen molar-refractivity contribution in [2.75, 3.05) is 5.32 Å². The number of nitro groups is 1. The summed E-state index contributed by atoms with van der Waals surface area (Å²) in [7, 11) is 0. The lowest BCUT2D eigenvalue weighted by Crippen LogP contribution is -2.25. The summed E-state index contributed by atoms with van der Waals surface area (Å²) >= 11 is 5.96. The fourth-order valence-electron chi connectivity index (χ4n) is 3.72. The summed E-state index contributed by atoms with van der Waals surface area (Å²) in [6, 6.07) is 17.3. The Kier molecular flexibility index (Phi) is 7.75. The fourth-order valence-corrected chi connectivity index (χ4v) is 3.85. The zero-order valence-electron chi connectivity index (χ0n) is 18.3. The van der Waals surface area contributed by atoms with Crippen LogP contribution in [0.25, 0.3) is 11.1 Å². The number of nitriles is 1. The number of pyridine rings is 1. The van der Waals surface area contributed by atoms with E-state index < -0.39 is 4.92 Å². The molecule has 33 heavy (non-hydrogen) atoms. The number of carbonyl (C=O) groups excluding carboxylic acids is 1. The maximum atomic E-state index is 13.0. The molecule has 0 aliphatic rings. The van der Waals surface area contributed by atoms with Gasteiger partial charge in [0.25, 0.3) is 0 Å². The van der Waals surface area contributed by atoms with Crippen molar-refractivity contribution in [3.63, 3.8) is 0 Å². The zero-order chi connectivity index (χ0) is 24.0. The highest BCUT2D eigenvalue weighted by Gasteiger charge is 2.26. The summed E-state index contributed by atoms with van der Waals surface area (Å²) in [6.45, 7) is 3.50. The number of benzene rings is 2. The van der Waals surface area contributed by atoms with Gasteiger partial charge in [-0.3, -0.25) is 14.9 Å². The van der Waals surface area contributed by atoms with Gasteiger partial charge in [-0.05, 0) is 42.5 Å². The molecule has 168 valence electrons. The van der Waals surface area contributed by atoms with E-state index in [0.717, 1.165) is 23.1 Å². The zero-order valence-corrected chi connectivity index (χ0v) is 19.1. The van der Waals surface area contributed by atoms with E-state index in [1.165, 1.54) is 13.1 Å². The van der Waals surface area contributed by atoms with E-state index >= 15 is 0 Å². The molecule has 0 radical (unpaired) electrons. The molecule has 0 aliphatic carbocycles. The second kappa shape index (κ2) is 10.7. The van der Waals surface area contributed by atoms with Gasteiger partial charge in [0.2, 0.25) is 11.7 Å². The molecule has 7 nitrogen and oxygen atoms in total. The average Bonchev–Trinajstić information content (AvgIpc) is 2.81. The molecule has 1 unspecified atom stereocenters. The van der Waals surface area contributed by atoms with Crippen molar-refractivity contribution in [2.24, 2.45) is 5.92 Å². The molecular formula is C25H23ClN4O3. The van der Waals surface area contributed by atoms with Gasteiger partial charge < -0.3 is 5.32 Å². The van der Waals surface area contributed by atoms with Crippen LogP contribution in [0.1, 0.15) is 36.5 Å². The second-order valence-corrected chi connectivity index (χ2v) is 8.13. The Hall–Kier alpha value is -3.76. The summed E-state index contributed by atoms with van der Waals surface area (Å²) < 4.78 is 0. The van der Waals surface area contributed by atoms with Crippen LogP contribution in [0.3, 0.4) is 0 Å². The summed E-state index contributed by atoms with van der Waals surface area (Å²) in [4.78, 5) is 27.9. The number of rotatable bonds is 8. The van der Waals surface area contributed by atoms with Gasteiger partial charge in [-0.15, -0.1) is 0 Å². The summed E-state index contributed by atoms with van der Waals surface area (Å²) in [6.07, 6.45) is 3.17. The van der Waals surface area contributed by atoms with E-state index in [-0.39, 0.29) is 33.9 Å². The molecule has 0 aliphatic heterocycles. The smallest absolute Gasteiger partial charge is 0.305 e. The van der Waals surface area contributed by atoms with E-state index in [2.05, 4.69) is 16.4 Å². The Labute approximate surface area is 197 Å². The van der Waals surface area contributed by atoms with E-state index in [1.54, 1.807) is 6.07 Å². The molecule has 2 aromatic carbocycles. The molecule has 3 rings (SSSR count). The number of nitrogens with one attached hydrogen (secondary N) is 1. The number of halogens is 1. The molecule has 1 amide bonds. The van der Waals surface area contributed by atoms with E-state index in [0.29, 0.717) is 18.4 Å². The SMILES string of the molecule is CCCC(Cc1ccc(-c2ccccc2C#N)cc1)C(=O)Nc1ncc(Cl)c(C)c1[N+](=O)[O-]. The van der Waals surface area contributed by atoms with Gasteiger partial charge in [0.15, 0.2) is 0 Å². The quantitative estimate of drug-likeness (QED) is 0.322. The second-order valence-electron chi connectivity index (χ2n) is 7.72. The third kappa shape index (κ3) is 5.54. The van der Waals surface area contributed by atoms with Crippen LogP contribution in [0.4, 0.5) is 11.5 Å². The predicted octanol–water partition coefficient (Wildman–Crippen LogP) is 6.09. The van der Waals surface area contributed by atoms with Crippen molar-refractivity contribution in [1.82, 2.24) is 4.98 Å². The molecule has 3 aromatic rings. The third-order valence-electron chi connectivity index (χ3n) is 5.47. The summed E-state index contributed by atoms with van der Waals surface area (Å²) in [5, 5.41) is 23.6. The Morgan fingerprint density at radius 1 is 1.24 bits per heavy atom. The lowest BCUT2D eigenvalue weighted by molar-refractivity contribution is -0.384. The molecule has 1 atom stereocenters. The minimum atomic E-state index is -0.587. The lowest BCUT2D eigenvalue weighted by Gasteiger charge is -2.17. The topological polar surface area (TPSA) is 109 Å². The van der Waals surface area contributed by atoms with Crippen molar-refractivity contribution >= 4 is 29.0 Å². The molecule has 0 bridgehead atoms. The molecule has 0 spiro atoms. The van der Waals surface area contributed by atoms with Gasteiger partial charge in [0.1, 0.15) is 0 Å². The van der Waals surface area contributed by atoms with Gasteiger partial charge in [0, 0.05) is 12.1 Å². The highest BCUT2D eigenvalue weighted by atomic mass is 35.5. The Balaban J connectivity index is 1.80. The maximum absolute atomic E-state index is 13.0. The lowest BCUT2D eigenvalue weighted by atomic mass is 9.92. The minimum absolute atomic E-state index is 0.100. The van der Waals surface area contributed by atoms with Crippen LogP contribution < -0.4 is 5.32 Å². The van der Waals surface area contributed by atoms with Crippen LogP contribution in [0.2, 0.25) is 5.02 Å². The van der Waals surface area contributed by atoms with Crippen molar-refractivity contribution in [2.45, 2.75) is 33.1 Å². The highest BCUT2D eigenvalue weighted by molar-refractivity contribution is 6.31. The fraction of sp³-hybridized carbons (Fsp3) is 0.240. The first-order valence-electron chi connectivity index (χ1n) is 10.5. The molecule has 8 heteroatoms. The first kappa shape index (κ1) is 23.9. The molecule has 1 N–H and O–H groups in total. The molecule has 1 aromatic heterocycles. The number of hydrogen-bond acceptors (Lipinski definition) is 5. The first-order chi connectivity index (χ1) is 15.8. The Bertz CT molecular complexity index is 1220. The van der Waals surface area contributed by atoms with Gasteiger partial charge >= 0.3 is 5.69 Å². The molecule has 0 fully saturated rings. The van der Waals surface area contributed by atoms with Gasteiger partial charge in [0.05, 0.1) is 27.1 Å². The normalized spacial score (nSPS) is 11.5. The average molecular weight is 463 g/mol. The number of anilines is 1. The molecule has 1 heterocycles. The maximum Gasteiger partial charge on any atom is 0.316 e. The summed E-state index contributed by atoms with van der Waals surface area (Å²) in [5.41, 5.74) is 3.28. The van der Waals surface area contributed by atoms with E-state index in [9.17, 15) is 20.2 Å². The van der Waals surface area contributed by atoms with Crippen LogP contribution in [0.15, 0.2) is 54.7 Å². The van der Waals surface area contributed by atoms with Crippen LogP contribution in [0, 0.1) is 34.3 Å². The first-order valence-corrected chi connectivity index (χ1v) is 10.9. The van der Waals surface area contributed by atoms with Crippen LogP contribution in [-0.4, -0.2) is 15.8 Å². The van der Waals surface area contributed by atoms with Crippen molar-refractivity contribution in [3.05, 3.63) is 86.6 Å². The highest BCUT2D eigenvalue weighted by Crippen LogP contribution is 2.32. The number of hydrogen-bond donors (Lipinski definition) is 1. The van der Waals surface area contributed by atoms with Crippen molar-refractivity contribution in [3.8, 4) is 17.2 Å².